The van der Waals surface area contributed by atoms with E-state index in [1.54, 1.807) is 48.5 Å². The Morgan fingerprint density at radius 3 is 2.19 bits per heavy atom. The quantitative estimate of drug-likeness (QED) is 0.144. The molecule has 3 aromatic rings. The van der Waals surface area contributed by atoms with E-state index in [0.717, 1.165) is 16.7 Å². The molecule has 0 amide bonds. The molecule has 36 heavy (non-hydrogen) atoms. The molecule has 0 radical (unpaired) electrons. The second-order valence-corrected chi connectivity index (χ2v) is 8.97. The Morgan fingerprint density at radius 1 is 0.861 bits per heavy atom. The maximum Gasteiger partial charge on any atom is 0.389 e. The second kappa shape index (κ2) is 10.1. The molecule has 4 rings (SSSR count). The lowest BCUT2D eigenvalue weighted by Crippen LogP contribution is -2.28. The van der Waals surface area contributed by atoms with Crippen LogP contribution >= 0.6 is 0 Å². The number of benzene rings is 3. The fourth-order valence-electron chi connectivity index (χ4n) is 5.11. The monoisotopic (exact) mass is 493 g/mol. The van der Waals surface area contributed by atoms with Crippen LogP contribution in [0.1, 0.15) is 66.6 Å². The first kappa shape index (κ1) is 25.4. The topological polar surface area (TPSA) is 55.7 Å². The van der Waals surface area contributed by atoms with Crippen molar-refractivity contribution in [2.24, 2.45) is 5.16 Å². The van der Waals surface area contributed by atoms with Crippen molar-refractivity contribution in [3.63, 3.8) is 0 Å². The zero-order chi connectivity index (χ0) is 25.9. The summed E-state index contributed by atoms with van der Waals surface area (Å²) in [5, 5.41) is 3.81. The number of oxime groups is 1. The van der Waals surface area contributed by atoms with E-state index in [2.05, 4.69) is 5.16 Å². The van der Waals surface area contributed by atoms with Crippen molar-refractivity contribution in [3.05, 3.63) is 95.1 Å². The van der Waals surface area contributed by atoms with Gasteiger partial charge in [-0.25, -0.2) is 4.79 Å². The van der Waals surface area contributed by atoms with Gasteiger partial charge in [0.15, 0.2) is 5.71 Å². The minimum atomic E-state index is -4.30. The lowest BCUT2D eigenvalue weighted by Gasteiger charge is -2.32. The molecular weight excluding hydrogens is 467 g/mol. The van der Waals surface area contributed by atoms with Gasteiger partial charge in [0, 0.05) is 29.9 Å². The summed E-state index contributed by atoms with van der Waals surface area (Å²) in [6, 6.07) is 21.2. The molecule has 0 heterocycles. The van der Waals surface area contributed by atoms with E-state index >= 15 is 0 Å². The summed E-state index contributed by atoms with van der Waals surface area (Å²) in [6.07, 6.45) is -4.16. The largest absolute Gasteiger partial charge is 0.389 e. The number of alkyl halides is 3. The molecule has 0 aromatic heterocycles. The molecule has 0 saturated heterocycles. The van der Waals surface area contributed by atoms with Crippen molar-refractivity contribution >= 4 is 17.5 Å². The highest BCUT2D eigenvalue weighted by Gasteiger charge is 2.45. The van der Waals surface area contributed by atoms with Gasteiger partial charge in [0.05, 0.1) is 0 Å². The van der Waals surface area contributed by atoms with E-state index in [-0.39, 0.29) is 17.7 Å². The van der Waals surface area contributed by atoms with E-state index in [1.165, 1.54) is 6.92 Å². The van der Waals surface area contributed by atoms with E-state index in [4.69, 9.17) is 4.84 Å². The van der Waals surface area contributed by atoms with E-state index in [0.29, 0.717) is 24.0 Å². The fraction of sp³-hybridized carbons (Fsp3) is 0.276. The van der Waals surface area contributed by atoms with Gasteiger partial charge in [0.25, 0.3) is 0 Å². The van der Waals surface area contributed by atoms with Crippen LogP contribution in [0.4, 0.5) is 13.2 Å². The van der Waals surface area contributed by atoms with Gasteiger partial charge in [-0.15, -0.1) is 0 Å². The third kappa shape index (κ3) is 4.96. The van der Waals surface area contributed by atoms with Crippen LogP contribution < -0.4 is 0 Å². The molecular formula is C29H26F3NO3. The first-order valence-corrected chi connectivity index (χ1v) is 11.8. The Labute approximate surface area is 207 Å². The Balaban J connectivity index is 1.85. The number of nitrogens with zero attached hydrogens (tertiary/aromatic N) is 1. The van der Waals surface area contributed by atoms with Gasteiger partial charge in [-0.1, -0.05) is 85.2 Å². The predicted octanol–water partition coefficient (Wildman–Crippen LogP) is 7.25. The lowest BCUT2D eigenvalue weighted by atomic mass is 9.71. The Kier molecular flexibility index (Phi) is 7.11. The first-order valence-electron chi connectivity index (χ1n) is 11.8. The number of carbonyl (C=O) groups excluding carboxylic acids is 2. The zero-order valence-corrected chi connectivity index (χ0v) is 20.1. The molecule has 3 aromatic carbocycles. The highest BCUT2D eigenvalue weighted by atomic mass is 19.4. The number of ketones is 1. The molecule has 0 bridgehead atoms. The molecule has 0 N–H and O–H groups in total. The standard InChI is InChI=1S/C29H26F3NO3/c1-3-15-28(16-17-29(30,31)32)24-12-8-7-11-22(24)23-14-13-21(18-25(23)28)27(35)26(33-36-19(2)34)20-9-5-4-6-10-20/h4-14,18H,3,15-17H2,1-2H3/b33-26+. The average Bonchev–Trinajstić information content (AvgIpc) is 3.13. The van der Waals surface area contributed by atoms with Gasteiger partial charge in [0.1, 0.15) is 0 Å². The molecule has 4 nitrogen and oxygen atoms in total. The van der Waals surface area contributed by atoms with Crippen molar-refractivity contribution in [2.45, 2.75) is 51.1 Å². The van der Waals surface area contributed by atoms with Crippen LogP contribution in [0.5, 0.6) is 0 Å². The minimum Gasteiger partial charge on any atom is -0.318 e. The van der Waals surface area contributed by atoms with Gasteiger partial charge < -0.3 is 4.84 Å². The molecule has 7 heteroatoms. The van der Waals surface area contributed by atoms with Crippen LogP contribution in [0.15, 0.2) is 78.0 Å². The summed E-state index contributed by atoms with van der Waals surface area (Å²) in [4.78, 5) is 29.8. The summed E-state index contributed by atoms with van der Waals surface area (Å²) < 4.78 is 40.2. The maximum absolute atomic E-state index is 13.6. The Morgan fingerprint density at radius 2 is 1.53 bits per heavy atom. The molecule has 0 aliphatic heterocycles. The molecule has 1 atom stereocenters. The number of halogens is 3. The first-order chi connectivity index (χ1) is 17.2. The summed E-state index contributed by atoms with van der Waals surface area (Å²) >= 11 is 0. The van der Waals surface area contributed by atoms with Gasteiger partial charge in [-0.3, -0.25) is 4.79 Å². The van der Waals surface area contributed by atoms with Crippen LogP contribution in [0, 0.1) is 0 Å². The molecule has 1 aliphatic carbocycles. The highest BCUT2D eigenvalue weighted by molar-refractivity contribution is 6.51. The van der Waals surface area contributed by atoms with Crippen LogP contribution in [0.3, 0.4) is 0 Å². The molecule has 0 spiro atoms. The van der Waals surface area contributed by atoms with Gasteiger partial charge >= 0.3 is 12.1 Å². The minimum absolute atomic E-state index is 0.0577. The second-order valence-electron chi connectivity index (χ2n) is 8.97. The molecule has 1 aliphatic rings. The van der Waals surface area contributed by atoms with Crippen molar-refractivity contribution < 1.29 is 27.6 Å². The molecule has 0 saturated carbocycles. The summed E-state index contributed by atoms with van der Waals surface area (Å²) in [5.41, 5.74) is 3.08. The fourth-order valence-corrected chi connectivity index (χ4v) is 5.11. The van der Waals surface area contributed by atoms with Crippen LogP contribution in [-0.4, -0.2) is 23.6 Å². The number of carbonyl (C=O) groups is 2. The Hall–Kier alpha value is -3.74. The van der Waals surface area contributed by atoms with E-state index < -0.39 is 29.8 Å². The molecule has 0 fully saturated rings. The summed E-state index contributed by atoms with van der Waals surface area (Å²) in [7, 11) is 0. The van der Waals surface area contributed by atoms with Crippen LogP contribution in [-0.2, 0) is 15.0 Å². The number of fused-ring (bicyclic) bond motifs is 3. The number of hydrogen-bond donors (Lipinski definition) is 0. The van der Waals surface area contributed by atoms with Crippen molar-refractivity contribution in [3.8, 4) is 11.1 Å². The maximum atomic E-state index is 13.6. The normalized spacial score (nSPS) is 16.9. The Bertz CT molecular complexity index is 1310. The summed E-state index contributed by atoms with van der Waals surface area (Å²) in [5.74, 6) is -1.16. The van der Waals surface area contributed by atoms with Gasteiger partial charge in [-0.05, 0) is 41.2 Å². The van der Waals surface area contributed by atoms with Crippen LogP contribution in [0.2, 0.25) is 0 Å². The highest BCUT2D eigenvalue weighted by Crippen LogP contribution is 2.54. The van der Waals surface area contributed by atoms with Crippen molar-refractivity contribution in [2.75, 3.05) is 0 Å². The zero-order valence-electron chi connectivity index (χ0n) is 20.1. The van der Waals surface area contributed by atoms with E-state index in [1.807, 2.05) is 31.2 Å². The van der Waals surface area contributed by atoms with Crippen molar-refractivity contribution in [1.29, 1.82) is 0 Å². The van der Waals surface area contributed by atoms with Crippen LogP contribution in [0.25, 0.3) is 11.1 Å². The SMILES string of the molecule is CCCC1(CCC(F)(F)F)c2ccccc2-c2ccc(C(=O)/C(=N/OC(C)=O)c3ccccc3)cc21. The third-order valence-electron chi connectivity index (χ3n) is 6.57. The third-order valence-corrected chi connectivity index (χ3v) is 6.57. The summed E-state index contributed by atoms with van der Waals surface area (Å²) in [6.45, 7) is 3.13. The smallest absolute Gasteiger partial charge is 0.318 e. The number of rotatable bonds is 8. The van der Waals surface area contributed by atoms with E-state index in [9.17, 15) is 22.8 Å². The number of Topliss-reactive ketones (excluding diaryl/α,β-unsaturated/α-hetero) is 1. The van der Waals surface area contributed by atoms with Crippen molar-refractivity contribution in [1.82, 2.24) is 0 Å². The lowest BCUT2D eigenvalue weighted by molar-refractivity contribution is -0.141. The average molecular weight is 494 g/mol. The number of hydrogen-bond acceptors (Lipinski definition) is 4. The predicted molar refractivity (Wildman–Crippen MR) is 132 cm³/mol. The van der Waals surface area contributed by atoms with Gasteiger partial charge in [0.2, 0.25) is 5.78 Å². The molecule has 186 valence electrons. The molecule has 1 unspecified atom stereocenters. The van der Waals surface area contributed by atoms with Gasteiger partial charge in [-0.2, -0.15) is 13.2 Å².